The lowest BCUT2D eigenvalue weighted by Gasteiger charge is -2.26. The molecule has 0 aromatic rings. The van der Waals surface area contributed by atoms with E-state index in [1.807, 2.05) is 13.8 Å². The van der Waals surface area contributed by atoms with Crippen LogP contribution in [0.4, 0.5) is 0 Å². The van der Waals surface area contributed by atoms with E-state index in [0.717, 1.165) is 0 Å². The van der Waals surface area contributed by atoms with Crippen LogP contribution in [0, 0.1) is 5.92 Å². The van der Waals surface area contributed by atoms with Crippen molar-refractivity contribution in [3.05, 3.63) is 0 Å². The zero-order chi connectivity index (χ0) is 12.3. The highest BCUT2D eigenvalue weighted by Gasteiger charge is 2.37. The Hall–Kier alpha value is -0.170. The Balaban J connectivity index is 2.59. The van der Waals surface area contributed by atoms with Crippen LogP contribution >= 0.6 is 0 Å². The van der Waals surface area contributed by atoms with Crippen molar-refractivity contribution in [1.29, 1.82) is 0 Å². The molecule has 3 unspecified atom stereocenters. The zero-order valence-electron chi connectivity index (χ0n) is 10.0. The minimum atomic E-state index is -3.08. The molecule has 1 rings (SSSR count). The number of aliphatic hydroxyl groups excluding tert-OH is 1. The van der Waals surface area contributed by atoms with Gasteiger partial charge in [0.05, 0.1) is 24.2 Å². The summed E-state index contributed by atoms with van der Waals surface area (Å²) in [6, 6.07) is -0.300. The van der Waals surface area contributed by atoms with Gasteiger partial charge in [-0.05, 0) is 5.92 Å². The Morgan fingerprint density at radius 2 is 2.06 bits per heavy atom. The zero-order valence-corrected chi connectivity index (χ0v) is 10.8. The summed E-state index contributed by atoms with van der Waals surface area (Å²) < 4.78 is 27.7. The summed E-state index contributed by atoms with van der Waals surface area (Å²) in [6.07, 6.45) is -0.803. The fourth-order valence-electron chi connectivity index (χ4n) is 1.88. The molecular formula is C10H21NO4S. The second-order valence-electron chi connectivity index (χ2n) is 4.72. The molecule has 5 nitrogen and oxygen atoms in total. The summed E-state index contributed by atoms with van der Waals surface area (Å²) >= 11 is 0. The van der Waals surface area contributed by atoms with Crippen molar-refractivity contribution in [2.75, 3.05) is 25.2 Å². The van der Waals surface area contributed by atoms with Crippen molar-refractivity contribution >= 4 is 9.84 Å². The fourth-order valence-corrected chi connectivity index (χ4v) is 3.63. The van der Waals surface area contributed by atoms with Gasteiger partial charge in [0.25, 0.3) is 0 Å². The molecule has 1 heterocycles. The summed E-state index contributed by atoms with van der Waals surface area (Å²) in [5, 5.41) is 12.8. The lowest BCUT2D eigenvalue weighted by molar-refractivity contribution is 0.112. The Kier molecular flexibility index (Phi) is 4.73. The second-order valence-corrected chi connectivity index (χ2v) is 6.88. The van der Waals surface area contributed by atoms with Gasteiger partial charge in [0.15, 0.2) is 9.84 Å². The van der Waals surface area contributed by atoms with E-state index in [2.05, 4.69) is 5.32 Å². The van der Waals surface area contributed by atoms with E-state index in [1.165, 1.54) is 0 Å². The average Bonchev–Trinajstić information content (AvgIpc) is 2.38. The van der Waals surface area contributed by atoms with Crippen LogP contribution in [-0.2, 0) is 14.6 Å². The van der Waals surface area contributed by atoms with Crippen molar-refractivity contribution in [2.45, 2.75) is 32.0 Å². The van der Waals surface area contributed by atoms with Crippen molar-refractivity contribution < 1.29 is 18.3 Å². The Morgan fingerprint density at radius 3 is 2.44 bits per heavy atom. The van der Waals surface area contributed by atoms with Gasteiger partial charge in [-0.2, -0.15) is 0 Å². The second kappa shape index (κ2) is 5.44. The molecule has 0 saturated carbocycles. The molecular weight excluding hydrogens is 230 g/mol. The maximum atomic E-state index is 11.3. The molecule has 1 fully saturated rings. The summed E-state index contributed by atoms with van der Waals surface area (Å²) in [7, 11) is -1.47. The Morgan fingerprint density at radius 1 is 1.44 bits per heavy atom. The summed E-state index contributed by atoms with van der Waals surface area (Å²) in [5.41, 5.74) is 0. The van der Waals surface area contributed by atoms with Gasteiger partial charge in [-0.3, -0.25) is 0 Å². The first kappa shape index (κ1) is 13.9. The van der Waals surface area contributed by atoms with Crippen molar-refractivity contribution in [3.63, 3.8) is 0 Å². The van der Waals surface area contributed by atoms with E-state index in [1.54, 1.807) is 7.11 Å². The van der Waals surface area contributed by atoms with Crippen LogP contribution in [0.25, 0.3) is 0 Å². The first-order chi connectivity index (χ1) is 7.35. The van der Waals surface area contributed by atoms with Gasteiger partial charge in [0.2, 0.25) is 0 Å². The van der Waals surface area contributed by atoms with E-state index in [-0.39, 0.29) is 23.6 Å². The molecule has 0 radical (unpaired) electrons. The minimum absolute atomic E-state index is 0.0150. The van der Waals surface area contributed by atoms with E-state index < -0.39 is 15.9 Å². The summed E-state index contributed by atoms with van der Waals surface area (Å²) in [4.78, 5) is 0. The molecule has 0 amide bonds. The van der Waals surface area contributed by atoms with Crippen LogP contribution in [0.15, 0.2) is 0 Å². The molecule has 96 valence electrons. The molecule has 0 aromatic carbocycles. The van der Waals surface area contributed by atoms with E-state index in [9.17, 15) is 13.5 Å². The lowest BCUT2D eigenvalue weighted by Crippen LogP contribution is -2.49. The Bertz CT molecular complexity index is 315. The van der Waals surface area contributed by atoms with E-state index >= 15 is 0 Å². The summed E-state index contributed by atoms with van der Waals surface area (Å²) in [5.74, 6) is 0.208. The number of rotatable bonds is 5. The third-order valence-corrected chi connectivity index (χ3v) is 4.62. The smallest absolute Gasteiger partial charge is 0.154 e. The third-order valence-electron chi connectivity index (χ3n) is 2.90. The molecule has 6 heteroatoms. The third kappa shape index (κ3) is 3.69. The van der Waals surface area contributed by atoms with Gasteiger partial charge < -0.3 is 15.2 Å². The van der Waals surface area contributed by atoms with E-state index in [4.69, 9.17) is 4.74 Å². The Labute approximate surface area is 97.1 Å². The molecule has 0 aliphatic carbocycles. The molecule has 1 aliphatic heterocycles. The van der Waals surface area contributed by atoms with Crippen LogP contribution in [0.5, 0.6) is 0 Å². The van der Waals surface area contributed by atoms with Crippen LogP contribution in [-0.4, -0.2) is 56.9 Å². The predicted octanol–water partition coefficient (Wildman–Crippen LogP) is -0.595. The number of hydrogen-bond donors (Lipinski definition) is 2. The normalized spacial score (nSPS) is 30.8. The van der Waals surface area contributed by atoms with Crippen LogP contribution in [0.2, 0.25) is 0 Å². The summed E-state index contributed by atoms with van der Waals surface area (Å²) in [6.45, 7) is 4.58. The van der Waals surface area contributed by atoms with Crippen LogP contribution in [0.3, 0.4) is 0 Å². The predicted molar refractivity (Wildman–Crippen MR) is 62.1 cm³/mol. The van der Waals surface area contributed by atoms with Gasteiger partial charge >= 0.3 is 0 Å². The number of aliphatic hydroxyl groups is 1. The number of hydrogen-bond acceptors (Lipinski definition) is 5. The SMILES string of the molecule is COCC(NC1CS(=O)(=O)CC1O)C(C)C. The molecule has 1 aliphatic rings. The molecule has 0 bridgehead atoms. The lowest BCUT2D eigenvalue weighted by atomic mass is 10.0. The van der Waals surface area contributed by atoms with Gasteiger partial charge in [-0.1, -0.05) is 13.8 Å². The molecule has 3 atom stereocenters. The number of nitrogens with one attached hydrogen (secondary N) is 1. The topological polar surface area (TPSA) is 75.6 Å². The quantitative estimate of drug-likeness (QED) is 0.683. The maximum Gasteiger partial charge on any atom is 0.154 e. The molecule has 1 saturated heterocycles. The first-order valence-electron chi connectivity index (χ1n) is 5.49. The van der Waals surface area contributed by atoms with Crippen molar-refractivity contribution in [2.24, 2.45) is 5.92 Å². The minimum Gasteiger partial charge on any atom is -0.390 e. The largest absolute Gasteiger partial charge is 0.390 e. The van der Waals surface area contributed by atoms with Crippen LogP contribution < -0.4 is 5.32 Å². The standard InChI is InChI=1S/C10H21NO4S/c1-7(2)8(4-15-3)11-9-5-16(13,14)6-10(9)12/h7-12H,4-6H2,1-3H3. The van der Waals surface area contributed by atoms with Gasteiger partial charge in [-0.15, -0.1) is 0 Å². The van der Waals surface area contributed by atoms with Gasteiger partial charge in [-0.25, -0.2) is 8.42 Å². The van der Waals surface area contributed by atoms with Crippen LogP contribution in [0.1, 0.15) is 13.8 Å². The molecule has 16 heavy (non-hydrogen) atoms. The van der Waals surface area contributed by atoms with Crippen molar-refractivity contribution in [3.8, 4) is 0 Å². The fraction of sp³-hybridized carbons (Fsp3) is 1.00. The molecule has 2 N–H and O–H groups in total. The van der Waals surface area contributed by atoms with E-state index in [0.29, 0.717) is 12.5 Å². The number of ether oxygens (including phenoxy) is 1. The van der Waals surface area contributed by atoms with Gasteiger partial charge in [0.1, 0.15) is 0 Å². The first-order valence-corrected chi connectivity index (χ1v) is 7.31. The van der Waals surface area contributed by atoms with Crippen molar-refractivity contribution in [1.82, 2.24) is 5.32 Å². The number of methoxy groups -OCH3 is 1. The highest BCUT2D eigenvalue weighted by molar-refractivity contribution is 7.91. The number of sulfone groups is 1. The highest BCUT2D eigenvalue weighted by Crippen LogP contribution is 2.15. The average molecular weight is 251 g/mol. The monoisotopic (exact) mass is 251 g/mol. The highest BCUT2D eigenvalue weighted by atomic mass is 32.2. The maximum absolute atomic E-state index is 11.3. The molecule has 0 aromatic heterocycles. The molecule has 0 spiro atoms. The van der Waals surface area contributed by atoms with Gasteiger partial charge in [0, 0.05) is 19.2 Å².